The van der Waals surface area contributed by atoms with Crippen LogP contribution in [-0.2, 0) is 19.0 Å². The Kier molecular flexibility index (Phi) is 7.54. The number of aliphatic hydroxyl groups excluding tert-OH is 1. The van der Waals surface area contributed by atoms with Crippen LogP contribution in [0.3, 0.4) is 0 Å². The van der Waals surface area contributed by atoms with E-state index in [2.05, 4.69) is 52.9 Å². The van der Waals surface area contributed by atoms with Crippen LogP contribution in [0.5, 0.6) is 0 Å². The zero-order valence-corrected chi connectivity index (χ0v) is 22.5. The molecule has 3 aromatic heterocycles. The van der Waals surface area contributed by atoms with Gasteiger partial charge >= 0.3 is 11.8 Å². The molecule has 0 radical (unpaired) electrons. The van der Waals surface area contributed by atoms with Crippen molar-refractivity contribution < 1.29 is 14.3 Å². The molecule has 0 aliphatic carbocycles. The summed E-state index contributed by atoms with van der Waals surface area (Å²) in [5.74, 6) is -0.166. The van der Waals surface area contributed by atoms with Gasteiger partial charge in [0.1, 0.15) is 5.41 Å². The van der Waals surface area contributed by atoms with Gasteiger partial charge in [0.05, 0.1) is 36.3 Å². The number of carbonyl (C=O) groups is 1. The molecule has 0 fully saturated rings. The van der Waals surface area contributed by atoms with Crippen LogP contribution >= 0.6 is 0 Å². The fourth-order valence-corrected chi connectivity index (χ4v) is 4.54. The number of aliphatic hydroxyl groups is 1. The van der Waals surface area contributed by atoms with Gasteiger partial charge < -0.3 is 20.2 Å². The van der Waals surface area contributed by atoms with Gasteiger partial charge in [-0.15, -0.1) is 10.2 Å². The number of carbonyl (C=O) groups excluding carboxylic acids is 1. The van der Waals surface area contributed by atoms with E-state index in [0.717, 1.165) is 28.1 Å². The fraction of sp³-hybridized carbons (Fsp3) is 0.370. The lowest BCUT2D eigenvalue weighted by Gasteiger charge is -2.19. The minimum absolute atomic E-state index is 0.0285. The molecular weight excluding hydrogens is 512 g/mol. The van der Waals surface area contributed by atoms with Crippen molar-refractivity contribution in [3.63, 3.8) is 0 Å². The lowest BCUT2D eigenvalue weighted by atomic mass is 9.96. The van der Waals surface area contributed by atoms with Crippen molar-refractivity contribution in [3.05, 3.63) is 65.8 Å². The Labute approximate surface area is 230 Å². The number of nitrogens with zero attached hydrogens (tertiary/aromatic N) is 8. The summed E-state index contributed by atoms with van der Waals surface area (Å²) in [5, 5.41) is 37.0. The summed E-state index contributed by atoms with van der Waals surface area (Å²) in [6.45, 7) is 5.09. The zero-order valence-electron chi connectivity index (χ0n) is 22.5. The molecule has 1 amide bonds. The van der Waals surface area contributed by atoms with Crippen LogP contribution in [0.1, 0.15) is 54.0 Å². The average Bonchev–Trinajstić information content (AvgIpc) is 3.57. The maximum atomic E-state index is 13.1. The average molecular weight is 543 g/mol. The maximum absolute atomic E-state index is 13.1. The van der Waals surface area contributed by atoms with Crippen LogP contribution < -0.4 is 10.6 Å². The number of hydrogen-bond donors (Lipinski definition) is 3. The number of hydrogen-bond acceptors (Lipinski definition) is 11. The standard InChI is InChI=1S/C27H30N10O3/c1-27(2,16-28)25-35-34-24(40-25)23(39)32-22-7-9-37(10-11-38)14-18-12-17(4-5-20(18)22)21-6-8-29-26(33-21)31-19-13-30-36(3)15-19/h4-6,8,12-13,15,22,38H,7,9-11,14H2,1-3H3,(H,32,39)(H,29,31,33)/t22-/m1/s1. The summed E-state index contributed by atoms with van der Waals surface area (Å²) in [6, 6.07) is 9.63. The number of amides is 1. The van der Waals surface area contributed by atoms with Crippen LogP contribution in [0.25, 0.3) is 11.3 Å². The van der Waals surface area contributed by atoms with E-state index in [1.165, 1.54) is 0 Å². The minimum Gasteiger partial charge on any atom is -0.415 e. The van der Waals surface area contributed by atoms with Crippen LogP contribution in [0.2, 0.25) is 0 Å². The summed E-state index contributed by atoms with van der Waals surface area (Å²) in [4.78, 5) is 24.2. The molecule has 5 rings (SSSR count). The second-order valence-corrected chi connectivity index (χ2v) is 10.2. The van der Waals surface area contributed by atoms with E-state index in [1.807, 2.05) is 31.4 Å². The Morgan fingerprint density at radius 3 is 2.90 bits per heavy atom. The number of fused-ring (bicyclic) bond motifs is 1. The predicted molar refractivity (Wildman–Crippen MR) is 144 cm³/mol. The van der Waals surface area contributed by atoms with Crippen LogP contribution in [-0.4, -0.2) is 65.6 Å². The zero-order chi connectivity index (χ0) is 28.3. The highest BCUT2D eigenvalue weighted by Crippen LogP contribution is 2.31. The van der Waals surface area contributed by atoms with Gasteiger partial charge in [0, 0.05) is 44.6 Å². The third kappa shape index (κ3) is 5.83. The fourth-order valence-electron chi connectivity index (χ4n) is 4.54. The Hall–Kier alpha value is -4.67. The summed E-state index contributed by atoms with van der Waals surface area (Å²) in [5.41, 5.74) is 3.37. The molecule has 0 bridgehead atoms. The normalized spacial score (nSPS) is 15.6. The first-order valence-corrected chi connectivity index (χ1v) is 12.9. The molecule has 1 atom stereocenters. The molecule has 0 spiro atoms. The molecule has 0 unspecified atom stereocenters. The number of β-amino-alcohol motifs (C(OH)–C–C–N with tert-alkyl or cyclic N) is 1. The monoisotopic (exact) mass is 542 g/mol. The SMILES string of the molecule is Cn1cc(Nc2nccc(-c3ccc4c(c3)CN(CCO)CC[C@H]4NC(=O)c3nnc(C(C)(C)C#N)o3)n2)cn1. The molecule has 1 aliphatic rings. The number of aromatic nitrogens is 6. The van der Waals surface area contributed by atoms with E-state index in [1.54, 1.807) is 30.9 Å². The van der Waals surface area contributed by atoms with Crippen molar-refractivity contribution in [2.45, 2.75) is 38.3 Å². The summed E-state index contributed by atoms with van der Waals surface area (Å²) in [7, 11) is 1.84. The molecule has 13 nitrogen and oxygen atoms in total. The van der Waals surface area contributed by atoms with Crippen LogP contribution in [0.15, 0.2) is 47.3 Å². The Morgan fingerprint density at radius 1 is 1.30 bits per heavy atom. The highest BCUT2D eigenvalue weighted by Gasteiger charge is 2.30. The number of nitrogens with one attached hydrogen (secondary N) is 2. The number of aryl methyl sites for hydroxylation is 1. The lowest BCUT2D eigenvalue weighted by molar-refractivity contribution is 0.0894. The van der Waals surface area contributed by atoms with Crippen molar-refractivity contribution in [2.24, 2.45) is 7.05 Å². The molecule has 206 valence electrons. The summed E-state index contributed by atoms with van der Waals surface area (Å²) >= 11 is 0. The van der Waals surface area contributed by atoms with Gasteiger partial charge in [0.15, 0.2) is 0 Å². The largest absolute Gasteiger partial charge is 0.415 e. The third-order valence-electron chi connectivity index (χ3n) is 6.71. The molecule has 4 heterocycles. The minimum atomic E-state index is -1.00. The summed E-state index contributed by atoms with van der Waals surface area (Å²) in [6.07, 6.45) is 5.85. The first-order valence-electron chi connectivity index (χ1n) is 12.9. The first-order chi connectivity index (χ1) is 19.3. The summed E-state index contributed by atoms with van der Waals surface area (Å²) < 4.78 is 7.22. The molecule has 13 heteroatoms. The predicted octanol–water partition coefficient (Wildman–Crippen LogP) is 2.47. The van der Waals surface area contributed by atoms with Crippen molar-refractivity contribution in [1.29, 1.82) is 5.26 Å². The van der Waals surface area contributed by atoms with E-state index < -0.39 is 11.3 Å². The van der Waals surface area contributed by atoms with E-state index in [-0.39, 0.29) is 24.4 Å². The number of anilines is 2. The van der Waals surface area contributed by atoms with E-state index in [9.17, 15) is 15.2 Å². The van der Waals surface area contributed by atoms with Gasteiger partial charge in [-0.1, -0.05) is 12.1 Å². The molecule has 0 saturated heterocycles. The van der Waals surface area contributed by atoms with Crippen molar-refractivity contribution >= 4 is 17.5 Å². The molecule has 40 heavy (non-hydrogen) atoms. The molecule has 4 aromatic rings. The molecular formula is C27H30N10O3. The van der Waals surface area contributed by atoms with E-state index in [0.29, 0.717) is 32.0 Å². The van der Waals surface area contributed by atoms with Gasteiger partial charge in [0.2, 0.25) is 11.8 Å². The van der Waals surface area contributed by atoms with Crippen molar-refractivity contribution in [3.8, 4) is 17.3 Å². The molecule has 1 aromatic carbocycles. The third-order valence-corrected chi connectivity index (χ3v) is 6.71. The van der Waals surface area contributed by atoms with E-state index in [4.69, 9.17) is 4.42 Å². The molecule has 1 aliphatic heterocycles. The molecule has 0 saturated carbocycles. The molecule has 3 N–H and O–H groups in total. The smallest absolute Gasteiger partial charge is 0.309 e. The van der Waals surface area contributed by atoms with Crippen molar-refractivity contribution in [2.75, 3.05) is 25.0 Å². The van der Waals surface area contributed by atoms with E-state index >= 15 is 0 Å². The second kappa shape index (κ2) is 11.2. The second-order valence-electron chi connectivity index (χ2n) is 10.2. The van der Waals surface area contributed by atoms with Gasteiger partial charge in [-0.2, -0.15) is 10.4 Å². The highest BCUT2D eigenvalue weighted by molar-refractivity contribution is 5.89. The van der Waals surface area contributed by atoms with Crippen molar-refractivity contribution in [1.82, 2.24) is 40.2 Å². The number of benzene rings is 1. The Balaban J connectivity index is 1.41. The highest BCUT2D eigenvalue weighted by atomic mass is 16.4. The number of nitriles is 1. The Bertz CT molecular complexity index is 1550. The van der Waals surface area contributed by atoms with Gasteiger partial charge in [-0.3, -0.25) is 14.4 Å². The van der Waals surface area contributed by atoms with Crippen LogP contribution in [0.4, 0.5) is 11.6 Å². The Morgan fingerprint density at radius 2 is 2.15 bits per heavy atom. The number of rotatable bonds is 8. The lowest BCUT2D eigenvalue weighted by Crippen LogP contribution is -2.31. The van der Waals surface area contributed by atoms with Gasteiger partial charge in [-0.25, -0.2) is 9.97 Å². The van der Waals surface area contributed by atoms with Crippen LogP contribution in [0, 0.1) is 11.3 Å². The first kappa shape index (κ1) is 26.9. The van der Waals surface area contributed by atoms with Gasteiger partial charge in [-0.05, 0) is 43.5 Å². The maximum Gasteiger partial charge on any atom is 0.309 e. The topological polar surface area (TPSA) is 171 Å². The quantitative estimate of drug-likeness (QED) is 0.299. The van der Waals surface area contributed by atoms with Gasteiger partial charge in [0.25, 0.3) is 0 Å².